The topological polar surface area (TPSA) is 148 Å². The highest BCUT2D eigenvalue weighted by molar-refractivity contribution is 7.90. The number of carbonyl (C=O) groups is 2. The van der Waals surface area contributed by atoms with Gasteiger partial charge in [-0.3, -0.25) is 14.9 Å². The van der Waals surface area contributed by atoms with Gasteiger partial charge in [-0.2, -0.15) is 0 Å². The molecule has 0 unspecified atom stereocenters. The van der Waals surface area contributed by atoms with Gasteiger partial charge in [-0.05, 0) is 36.8 Å². The third-order valence-electron chi connectivity index (χ3n) is 3.55. The van der Waals surface area contributed by atoms with Crippen LogP contribution in [0.4, 0.5) is 16.2 Å². The Labute approximate surface area is 154 Å². The predicted molar refractivity (Wildman–Crippen MR) is 97.0 cm³/mol. The summed E-state index contributed by atoms with van der Waals surface area (Å²) in [6.07, 6.45) is 0. The Bertz CT molecular complexity index is 1000. The standard InChI is InChI=1S/C16H16N4O6S/c1-10-4-3-5-13(20(23)24)14(10)15(21)19-27(25,26)12-8-6-11(7-9-12)18-16(22)17-2/h3-9H,1-2H3,(H,19,21)(H2,17,18,22). The lowest BCUT2D eigenvalue weighted by atomic mass is 10.1. The van der Waals surface area contributed by atoms with E-state index >= 15 is 0 Å². The van der Waals surface area contributed by atoms with Gasteiger partial charge in [0, 0.05) is 18.8 Å². The molecule has 10 nitrogen and oxygen atoms in total. The summed E-state index contributed by atoms with van der Waals surface area (Å²) in [5.74, 6) is -1.10. The van der Waals surface area contributed by atoms with E-state index in [2.05, 4.69) is 10.6 Å². The van der Waals surface area contributed by atoms with Crippen LogP contribution in [0.3, 0.4) is 0 Å². The Balaban J connectivity index is 2.28. The number of carbonyl (C=O) groups excluding carboxylic acids is 2. The quantitative estimate of drug-likeness (QED) is 0.522. The van der Waals surface area contributed by atoms with Crippen LogP contribution in [-0.2, 0) is 10.0 Å². The number of urea groups is 1. The molecule has 2 rings (SSSR count). The summed E-state index contributed by atoms with van der Waals surface area (Å²) < 4.78 is 26.6. The normalized spacial score (nSPS) is 10.7. The molecule has 2 aromatic carbocycles. The molecule has 11 heteroatoms. The first-order chi connectivity index (χ1) is 12.7. The van der Waals surface area contributed by atoms with E-state index in [1.165, 1.54) is 50.4 Å². The summed E-state index contributed by atoms with van der Waals surface area (Å²) in [7, 11) is -2.84. The number of hydrogen-bond acceptors (Lipinski definition) is 6. The van der Waals surface area contributed by atoms with Gasteiger partial charge in [-0.1, -0.05) is 12.1 Å². The van der Waals surface area contributed by atoms with Crippen molar-refractivity contribution in [2.24, 2.45) is 0 Å². The molecule has 0 heterocycles. The SMILES string of the molecule is CNC(=O)Nc1ccc(S(=O)(=O)NC(=O)c2c(C)cccc2[N+](=O)[O-])cc1. The Morgan fingerprint density at radius 3 is 2.26 bits per heavy atom. The zero-order valence-electron chi connectivity index (χ0n) is 14.3. The summed E-state index contributed by atoms with van der Waals surface area (Å²) in [4.78, 5) is 33.7. The highest BCUT2D eigenvalue weighted by atomic mass is 32.2. The molecule has 142 valence electrons. The minimum Gasteiger partial charge on any atom is -0.341 e. The lowest BCUT2D eigenvalue weighted by Crippen LogP contribution is -2.31. The van der Waals surface area contributed by atoms with Crippen molar-refractivity contribution < 1.29 is 22.9 Å². The average molecular weight is 392 g/mol. The number of aryl methyl sites for hydroxylation is 1. The van der Waals surface area contributed by atoms with Crippen LogP contribution >= 0.6 is 0 Å². The van der Waals surface area contributed by atoms with Crippen LogP contribution in [-0.4, -0.2) is 32.3 Å². The first-order valence-electron chi connectivity index (χ1n) is 7.55. The largest absolute Gasteiger partial charge is 0.341 e. The van der Waals surface area contributed by atoms with E-state index in [-0.39, 0.29) is 16.0 Å². The Hall–Kier alpha value is -3.47. The lowest BCUT2D eigenvalue weighted by molar-refractivity contribution is -0.385. The van der Waals surface area contributed by atoms with Crippen LogP contribution in [0, 0.1) is 17.0 Å². The highest BCUT2D eigenvalue weighted by Gasteiger charge is 2.26. The fraction of sp³-hybridized carbons (Fsp3) is 0.125. The highest BCUT2D eigenvalue weighted by Crippen LogP contribution is 2.22. The molecule has 0 spiro atoms. The number of nitro benzene ring substituents is 1. The fourth-order valence-corrected chi connectivity index (χ4v) is 3.20. The minimum atomic E-state index is -4.27. The molecule has 2 aromatic rings. The third-order valence-corrected chi connectivity index (χ3v) is 4.90. The van der Waals surface area contributed by atoms with Crippen LogP contribution in [0.2, 0.25) is 0 Å². The minimum absolute atomic E-state index is 0.241. The maximum Gasteiger partial charge on any atom is 0.318 e. The van der Waals surface area contributed by atoms with Gasteiger partial charge in [0.15, 0.2) is 0 Å². The number of nitrogens with one attached hydrogen (secondary N) is 3. The number of rotatable bonds is 5. The Morgan fingerprint density at radius 2 is 1.70 bits per heavy atom. The molecule has 0 atom stereocenters. The number of nitrogens with zero attached hydrogens (tertiary/aromatic N) is 1. The molecule has 0 bridgehead atoms. The number of sulfonamides is 1. The number of nitro groups is 1. The van der Waals surface area contributed by atoms with E-state index in [4.69, 9.17) is 0 Å². The monoisotopic (exact) mass is 392 g/mol. The van der Waals surface area contributed by atoms with Crippen molar-refractivity contribution in [1.29, 1.82) is 0 Å². The smallest absolute Gasteiger partial charge is 0.318 e. The van der Waals surface area contributed by atoms with Crippen molar-refractivity contribution in [3.05, 3.63) is 63.7 Å². The second kappa shape index (κ2) is 7.83. The molecule has 27 heavy (non-hydrogen) atoms. The van der Waals surface area contributed by atoms with Crippen LogP contribution in [0.1, 0.15) is 15.9 Å². The van der Waals surface area contributed by atoms with Gasteiger partial charge in [0.1, 0.15) is 5.56 Å². The molecule has 0 radical (unpaired) electrons. The van der Waals surface area contributed by atoms with Crippen LogP contribution in [0.25, 0.3) is 0 Å². The number of benzene rings is 2. The average Bonchev–Trinajstić information content (AvgIpc) is 2.61. The van der Waals surface area contributed by atoms with E-state index in [1.54, 1.807) is 0 Å². The number of amides is 3. The van der Waals surface area contributed by atoms with E-state index < -0.39 is 32.6 Å². The third kappa shape index (κ3) is 4.58. The van der Waals surface area contributed by atoms with Crippen LogP contribution in [0.5, 0.6) is 0 Å². The Morgan fingerprint density at radius 1 is 1.07 bits per heavy atom. The van der Waals surface area contributed by atoms with Crippen LogP contribution < -0.4 is 15.4 Å². The summed E-state index contributed by atoms with van der Waals surface area (Å²) >= 11 is 0. The van der Waals surface area contributed by atoms with Crippen molar-refractivity contribution in [2.75, 3.05) is 12.4 Å². The number of hydrogen-bond donors (Lipinski definition) is 3. The van der Waals surface area contributed by atoms with Crippen molar-refractivity contribution >= 4 is 33.3 Å². The molecule has 0 fully saturated rings. The van der Waals surface area contributed by atoms with Crippen LogP contribution in [0.15, 0.2) is 47.4 Å². The van der Waals surface area contributed by atoms with E-state index in [1.807, 2.05) is 4.72 Å². The van der Waals surface area contributed by atoms with E-state index in [9.17, 15) is 28.1 Å². The summed E-state index contributed by atoms with van der Waals surface area (Å²) in [5.41, 5.74) is -0.215. The first kappa shape index (κ1) is 19.8. The molecule has 0 saturated heterocycles. The molecule has 0 aliphatic rings. The molecule has 0 aromatic heterocycles. The molecule has 0 aliphatic carbocycles. The van der Waals surface area contributed by atoms with Gasteiger partial charge in [0.05, 0.1) is 9.82 Å². The first-order valence-corrected chi connectivity index (χ1v) is 9.04. The summed E-state index contributed by atoms with van der Waals surface area (Å²) in [6.45, 7) is 1.47. The van der Waals surface area contributed by atoms with Crippen molar-refractivity contribution in [3.8, 4) is 0 Å². The molecule has 0 saturated carbocycles. The van der Waals surface area contributed by atoms with Crippen molar-refractivity contribution in [3.63, 3.8) is 0 Å². The van der Waals surface area contributed by atoms with Gasteiger partial charge in [0.2, 0.25) is 0 Å². The zero-order chi connectivity index (χ0) is 20.2. The maximum absolute atomic E-state index is 12.4. The molecular weight excluding hydrogens is 376 g/mol. The second-order valence-electron chi connectivity index (χ2n) is 5.39. The molecule has 0 aliphatic heterocycles. The fourth-order valence-electron chi connectivity index (χ4n) is 2.24. The lowest BCUT2D eigenvalue weighted by Gasteiger charge is -2.10. The van der Waals surface area contributed by atoms with Gasteiger partial charge in [-0.15, -0.1) is 0 Å². The van der Waals surface area contributed by atoms with Crippen molar-refractivity contribution in [2.45, 2.75) is 11.8 Å². The molecule has 3 amide bonds. The van der Waals surface area contributed by atoms with Gasteiger partial charge < -0.3 is 10.6 Å². The van der Waals surface area contributed by atoms with Gasteiger partial charge in [0.25, 0.3) is 21.6 Å². The molecule has 3 N–H and O–H groups in total. The van der Waals surface area contributed by atoms with Crippen molar-refractivity contribution in [1.82, 2.24) is 10.0 Å². The van der Waals surface area contributed by atoms with E-state index in [0.29, 0.717) is 5.69 Å². The second-order valence-corrected chi connectivity index (χ2v) is 7.07. The molecular formula is C16H16N4O6S. The maximum atomic E-state index is 12.4. The predicted octanol–water partition coefficient (Wildman–Crippen LogP) is 1.77. The van der Waals surface area contributed by atoms with E-state index in [0.717, 1.165) is 6.07 Å². The zero-order valence-corrected chi connectivity index (χ0v) is 15.2. The van der Waals surface area contributed by atoms with Gasteiger partial charge in [-0.25, -0.2) is 17.9 Å². The number of anilines is 1. The summed E-state index contributed by atoms with van der Waals surface area (Å²) in [5, 5.41) is 15.9. The Kier molecular flexibility index (Phi) is 5.75. The van der Waals surface area contributed by atoms with Gasteiger partial charge >= 0.3 is 6.03 Å². The summed E-state index contributed by atoms with van der Waals surface area (Å²) in [6, 6.07) is 8.55.